The molecule has 0 spiro atoms. The van der Waals surface area contributed by atoms with E-state index < -0.39 is 11.7 Å². The molecule has 0 radical (unpaired) electrons. The lowest BCUT2D eigenvalue weighted by Crippen LogP contribution is -2.47. The highest BCUT2D eigenvalue weighted by Gasteiger charge is 2.33. The second kappa shape index (κ2) is 5.78. The number of aliphatic hydroxyl groups is 1. The quantitative estimate of drug-likeness (QED) is 0.852. The van der Waals surface area contributed by atoms with Gasteiger partial charge < -0.3 is 15.2 Å². The smallest absolute Gasteiger partial charge is 0.407 e. The predicted molar refractivity (Wildman–Crippen MR) is 72.1 cm³/mol. The van der Waals surface area contributed by atoms with Crippen molar-refractivity contribution in [3.8, 4) is 0 Å². The van der Waals surface area contributed by atoms with Crippen molar-refractivity contribution in [1.29, 1.82) is 0 Å². The lowest BCUT2D eigenvalue weighted by Gasteiger charge is -2.34. The standard InChI is InChI=1S/C13H22N4O3/c1-13(2,3)20-12(19)16-10-5-4-9(18)6-11(10)17-8-14-7-15-17/h7-11,18H,4-6H2,1-3H3,(H,16,19). The van der Waals surface area contributed by atoms with Crippen LogP contribution in [0.5, 0.6) is 0 Å². The van der Waals surface area contributed by atoms with Crippen LogP contribution < -0.4 is 5.32 Å². The number of carbonyl (C=O) groups is 1. The number of nitrogens with one attached hydrogen (secondary N) is 1. The molecule has 3 atom stereocenters. The molecule has 1 fully saturated rings. The summed E-state index contributed by atoms with van der Waals surface area (Å²) in [6, 6.07) is -0.219. The number of hydrogen-bond donors (Lipinski definition) is 2. The van der Waals surface area contributed by atoms with Gasteiger partial charge in [0.25, 0.3) is 0 Å². The van der Waals surface area contributed by atoms with Gasteiger partial charge >= 0.3 is 6.09 Å². The summed E-state index contributed by atoms with van der Waals surface area (Å²) in [5.74, 6) is 0. The number of hydrogen-bond acceptors (Lipinski definition) is 5. The van der Waals surface area contributed by atoms with E-state index in [0.29, 0.717) is 19.3 Å². The van der Waals surface area contributed by atoms with Crippen molar-refractivity contribution < 1.29 is 14.6 Å². The largest absolute Gasteiger partial charge is 0.444 e. The summed E-state index contributed by atoms with van der Waals surface area (Å²) in [6.45, 7) is 5.48. The van der Waals surface area contributed by atoms with E-state index in [1.54, 1.807) is 11.0 Å². The molecule has 1 aliphatic carbocycles. The summed E-state index contributed by atoms with van der Waals surface area (Å²) in [4.78, 5) is 15.8. The van der Waals surface area contributed by atoms with Crippen molar-refractivity contribution in [3.63, 3.8) is 0 Å². The first-order chi connectivity index (χ1) is 9.35. The maximum atomic E-state index is 11.9. The van der Waals surface area contributed by atoms with Gasteiger partial charge in [-0.05, 0) is 40.0 Å². The first kappa shape index (κ1) is 14.8. The molecule has 2 rings (SSSR count). The van der Waals surface area contributed by atoms with Crippen LogP contribution in [0.2, 0.25) is 0 Å². The van der Waals surface area contributed by atoms with E-state index in [-0.39, 0.29) is 18.2 Å². The Morgan fingerprint density at radius 1 is 1.45 bits per heavy atom. The minimum absolute atomic E-state index is 0.103. The molecule has 20 heavy (non-hydrogen) atoms. The zero-order valence-corrected chi connectivity index (χ0v) is 12.1. The Balaban J connectivity index is 2.02. The highest BCUT2D eigenvalue weighted by atomic mass is 16.6. The molecular formula is C13H22N4O3. The normalized spacial score (nSPS) is 27.1. The Hall–Kier alpha value is -1.63. The SMILES string of the molecule is CC(C)(C)OC(=O)NC1CCC(O)CC1n1cncn1. The van der Waals surface area contributed by atoms with Crippen LogP contribution in [0.25, 0.3) is 0 Å². The second-order valence-corrected chi connectivity index (χ2v) is 6.16. The van der Waals surface area contributed by atoms with Gasteiger partial charge in [0.1, 0.15) is 18.3 Å². The van der Waals surface area contributed by atoms with E-state index >= 15 is 0 Å². The fourth-order valence-corrected chi connectivity index (χ4v) is 2.43. The third-order valence-corrected chi connectivity index (χ3v) is 3.27. The van der Waals surface area contributed by atoms with Crippen LogP contribution in [0.3, 0.4) is 0 Å². The molecule has 0 saturated heterocycles. The number of ether oxygens (including phenoxy) is 1. The minimum atomic E-state index is -0.527. The fraction of sp³-hybridized carbons (Fsp3) is 0.769. The van der Waals surface area contributed by atoms with Gasteiger partial charge in [0, 0.05) is 0 Å². The molecule has 7 heteroatoms. The molecule has 1 aliphatic rings. The van der Waals surface area contributed by atoms with Gasteiger partial charge in [-0.1, -0.05) is 0 Å². The van der Waals surface area contributed by atoms with E-state index in [0.717, 1.165) is 0 Å². The van der Waals surface area contributed by atoms with Crippen LogP contribution in [-0.4, -0.2) is 43.7 Å². The minimum Gasteiger partial charge on any atom is -0.444 e. The van der Waals surface area contributed by atoms with Crippen LogP contribution in [-0.2, 0) is 4.74 Å². The molecule has 1 heterocycles. The van der Waals surface area contributed by atoms with Gasteiger partial charge in [-0.25, -0.2) is 14.5 Å². The molecule has 112 valence electrons. The van der Waals surface area contributed by atoms with E-state index in [1.807, 2.05) is 20.8 Å². The zero-order chi connectivity index (χ0) is 14.8. The topological polar surface area (TPSA) is 89.3 Å². The van der Waals surface area contributed by atoms with Crippen LogP contribution >= 0.6 is 0 Å². The highest BCUT2D eigenvalue weighted by Crippen LogP contribution is 2.28. The number of amides is 1. The van der Waals surface area contributed by atoms with E-state index in [1.165, 1.54) is 6.33 Å². The number of rotatable bonds is 2. The molecule has 0 bridgehead atoms. The summed E-state index contributed by atoms with van der Waals surface area (Å²) in [5, 5.41) is 16.8. The van der Waals surface area contributed by atoms with Gasteiger partial charge in [0.05, 0.1) is 18.2 Å². The zero-order valence-electron chi connectivity index (χ0n) is 12.1. The lowest BCUT2D eigenvalue weighted by atomic mass is 9.88. The fourth-order valence-electron chi connectivity index (χ4n) is 2.43. The molecule has 1 aromatic rings. The van der Waals surface area contributed by atoms with E-state index in [2.05, 4.69) is 15.4 Å². The van der Waals surface area contributed by atoms with Crippen molar-refractivity contribution in [3.05, 3.63) is 12.7 Å². The Bertz CT molecular complexity index is 441. The maximum Gasteiger partial charge on any atom is 0.407 e. The average molecular weight is 282 g/mol. The van der Waals surface area contributed by atoms with Gasteiger partial charge in [-0.15, -0.1) is 0 Å². The van der Waals surface area contributed by atoms with Gasteiger partial charge in [-0.3, -0.25) is 0 Å². The number of nitrogens with zero attached hydrogens (tertiary/aromatic N) is 3. The second-order valence-electron chi connectivity index (χ2n) is 6.16. The summed E-state index contributed by atoms with van der Waals surface area (Å²) in [7, 11) is 0. The first-order valence-corrected chi connectivity index (χ1v) is 6.87. The summed E-state index contributed by atoms with van der Waals surface area (Å²) in [6.07, 6.45) is 4.13. The molecule has 2 N–H and O–H groups in total. The lowest BCUT2D eigenvalue weighted by molar-refractivity contribution is 0.0387. The van der Waals surface area contributed by atoms with Crippen molar-refractivity contribution in [1.82, 2.24) is 20.1 Å². The number of alkyl carbamates (subject to hydrolysis) is 1. The first-order valence-electron chi connectivity index (χ1n) is 6.87. The number of aromatic nitrogens is 3. The van der Waals surface area contributed by atoms with Crippen LogP contribution in [0.4, 0.5) is 4.79 Å². The van der Waals surface area contributed by atoms with Crippen molar-refractivity contribution in [2.24, 2.45) is 0 Å². The van der Waals surface area contributed by atoms with Crippen LogP contribution in [0.15, 0.2) is 12.7 Å². The average Bonchev–Trinajstić information content (AvgIpc) is 2.82. The molecule has 1 saturated carbocycles. The maximum absolute atomic E-state index is 11.9. The Labute approximate surface area is 118 Å². The molecule has 0 aromatic carbocycles. The molecule has 0 aliphatic heterocycles. The Morgan fingerprint density at radius 3 is 2.80 bits per heavy atom. The number of carbonyl (C=O) groups excluding carboxylic acids is 1. The van der Waals surface area contributed by atoms with E-state index in [9.17, 15) is 9.90 Å². The molecular weight excluding hydrogens is 260 g/mol. The summed E-state index contributed by atoms with van der Waals surface area (Å²) < 4.78 is 6.96. The third-order valence-electron chi connectivity index (χ3n) is 3.27. The van der Waals surface area contributed by atoms with Crippen LogP contribution in [0.1, 0.15) is 46.1 Å². The van der Waals surface area contributed by atoms with Crippen LogP contribution in [0, 0.1) is 0 Å². The van der Waals surface area contributed by atoms with Crippen molar-refractivity contribution in [2.45, 2.75) is 63.8 Å². The van der Waals surface area contributed by atoms with Gasteiger partial charge in [0.2, 0.25) is 0 Å². The van der Waals surface area contributed by atoms with Gasteiger partial charge in [-0.2, -0.15) is 5.10 Å². The monoisotopic (exact) mass is 282 g/mol. The molecule has 3 unspecified atom stereocenters. The third kappa shape index (κ3) is 3.93. The summed E-state index contributed by atoms with van der Waals surface area (Å²) >= 11 is 0. The Morgan fingerprint density at radius 2 is 2.20 bits per heavy atom. The van der Waals surface area contributed by atoms with Crippen molar-refractivity contribution >= 4 is 6.09 Å². The van der Waals surface area contributed by atoms with E-state index in [4.69, 9.17) is 4.74 Å². The van der Waals surface area contributed by atoms with Crippen molar-refractivity contribution in [2.75, 3.05) is 0 Å². The number of aliphatic hydroxyl groups excluding tert-OH is 1. The Kier molecular flexibility index (Phi) is 4.27. The summed E-state index contributed by atoms with van der Waals surface area (Å²) in [5.41, 5.74) is -0.527. The highest BCUT2D eigenvalue weighted by molar-refractivity contribution is 5.68. The molecule has 1 amide bonds. The molecule has 7 nitrogen and oxygen atoms in total. The molecule has 1 aromatic heterocycles. The van der Waals surface area contributed by atoms with Gasteiger partial charge in [0.15, 0.2) is 0 Å². The predicted octanol–water partition coefficient (Wildman–Crippen LogP) is 1.26.